The Bertz CT molecular complexity index is 349. The van der Waals surface area contributed by atoms with Crippen molar-refractivity contribution in [1.29, 1.82) is 0 Å². The number of nitrogens with one attached hydrogen (secondary N) is 2. The van der Waals surface area contributed by atoms with Gasteiger partial charge in [-0.05, 0) is 7.05 Å². The number of methoxy groups -OCH3 is 1. The first-order chi connectivity index (χ1) is 7.19. The fourth-order valence-corrected chi connectivity index (χ4v) is 2.05. The number of hydrogen-bond donors (Lipinski definition) is 2. The Morgan fingerprint density at radius 3 is 2.93 bits per heavy atom. The highest BCUT2D eigenvalue weighted by Crippen LogP contribution is 2.13. The van der Waals surface area contributed by atoms with Crippen LogP contribution < -0.4 is 11.0 Å². The molecule has 0 saturated heterocycles. The van der Waals surface area contributed by atoms with Crippen LogP contribution >= 0.6 is 11.8 Å². The van der Waals surface area contributed by atoms with Crippen molar-refractivity contribution in [2.45, 2.75) is 11.2 Å². The molecule has 0 fully saturated rings. The number of aromatic amines is 1. The first-order valence-electron chi connectivity index (χ1n) is 4.59. The highest BCUT2D eigenvalue weighted by molar-refractivity contribution is 7.99. The fraction of sp³-hybridized carbons (Fsp3) is 0.750. The van der Waals surface area contributed by atoms with Crippen molar-refractivity contribution in [3.8, 4) is 0 Å². The van der Waals surface area contributed by atoms with E-state index in [2.05, 4.69) is 15.5 Å². The summed E-state index contributed by atoms with van der Waals surface area (Å²) in [6.45, 7) is 0.641. The van der Waals surface area contributed by atoms with Gasteiger partial charge >= 0.3 is 5.69 Å². The van der Waals surface area contributed by atoms with Crippen LogP contribution in [0.5, 0.6) is 0 Å². The van der Waals surface area contributed by atoms with E-state index in [9.17, 15) is 4.79 Å². The summed E-state index contributed by atoms with van der Waals surface area (Å²) in [4.78, 5) is 11.1. The van der Waals surface area contributed by atoms with E-state index in [1.54, 1.807) is 14.2 Å². The summed E-state index contributed by atoms with van der Waals surface area (Å²) in [7, 11) is 5.24. The van der Waals surface area contributed by atoms with Crippen LogP contribution in [0.1, 0.15) is 0 Å². The van der Waals surface area contributed by atoms with Gasteiger partial charge < -0.3 is 10.1 Å². The smallest absolute Gasteiger partial charge is 0.343 e. The van der Waals surface area contributed by atoms with Crippen LogP contribution in [0.25, 0.3) is 0 Å². The first-order valence-corrected chi connectivity index (χ1v) is 5.58. The van der Waals surface area contributed by atoms with Gasteiger partial charge in [0.2, 0.25) is 0 Å². The van der Waals surface area contributed by atoms with E-state index in [0.29, 0.717) is 11.8 Å². The van der Waals surface area contributed by atoms with E-state index in [0.717, 1.165) is 5.75 Å². The largest absolute Gasteiger partial charge is 0.383 e. The molecule has 15 heavy (non-hydrogen) atoms. The summed E-state index contributed by atoms with van der Waals surface area (Å²) in [5.41, 5.74) is -0.190. The molecular formula is C8H16N4O2S. The molecule has 0 aliphatic heterocycles. The maximum absolute atomic E-state index is 11.1. The van der Waals surface area contributed by atoms with Crippen LogP contribution in [0.2, 0.25) is 0 Å². The van der Waals surface area contributed by atoms with Gasteiger partial charge in [-0.2, -0.15) is 0 Å². The summed E-state index contributed by atoms with van der Waals surface area (Å²) < 4.78 is 6.54. The summed E-state index contributed by atoms with van der Waals surface area (Å²) in [5.74, 6) is 0.808. The van der Waals surface area contributed by atoms with Crippen molar-refractivity contribution < 1.29 is 4.74 Å². The zero-order valence-corrected chi connectivity index (χ0v) is 9.93. The zero-order valence-electron chi connectivity index (χ0n) is 9.11. The van der Waals surface area contributed by atoms with E-state index in [-0.39, 0.29) is 11.7 Å². The molecule has 86 valence electrons. The van der Waals surface area contributed by atoms with Crippen molar-refractivity contribution >= 4 is 11.8 Å². The summed E-state index contributed by atoms with van der Waals surface area (Å²) >= 11 is 1.52. The normalized spacial score (nSPS) is 13.0. The first kappa shape index (κ1) is 12.3. The fourth-order valence-electron chi connectivity index (χ4n) is 1.05. The highest BCUT2D eigenvalue weighted by atomic mass is 32.2. The van der Waals surface area contributed by atoms with Gasteiger partial charge in [0, 0.05) is 26.0 Å². The molecule has 1 aromatic rings. The quantitative estimate of drug-likeness (QED) is 0.643. The van der Waals surface area contributed by atoms with E-state index in [1.165, 1.54) is 16.3 Å². The van der Waals surface area contributed by atoms with Crippen LogP contribution in [0.4, 0.5) is 0 Å². The lowest BCUT2D eigenvalue weighted by Gasteiger charge is -2.13. The molecule has 2 N–H and O–H groups in total. The van der Waals surface area contributed by atoms with E-state index in [4.69, 9.17) is 4.74 Å². The molecule has 7 heteroatoms. The molecule has 0 aromatic carbocycles. The lowest BCUT2D eigenvalue weighted by atomic mass is 10.4. The molecule has 0 spiro atoms. The molecule has 1 aromatic heterocycles. The number of likely N-dealkylation sites (N-methyl/N-ethyl adjacent to an activating group) is 1. The number of rotatable bonds is 6. The molecule has 0 bridgehead atoms. The molecule has 0 saturated carbocycles. The standard InChI is InChI=1S/C8H16N4O2S/c1-9-6(4-14-3)5-15-8-11-10-7(13)12(8)2/h6,9H,4-5H2,1-3H3,(H,10,13). The maximum atomic E-state index is 11.1. The molecule has 0 amide bonds. The van der Waals surface area contributed by atoms with E-state index >= 15 is 0 Å². The van der Waals surface area contributed by atoms with Gasteiger partial charge in [-0.1, -0.05) is 11.8 Å². The molecule has 1 heterocycles. The number of hydrogen-bond acceptors (Lipinski definition) is 5. The lowest BCUT2D eigenvalue weighted by Crippen LogP contribution is -2.32. The van der Waals surface area contributed by atoms with Gasteiger partial charge in [0.25, 0.3) is 0 Å². The SMILES string of the molecule is CNC(COC)CSc1n[nH]c(=O)n1C. The molecule has 0 radical (unpaired) electrons. The third kappa shape index (κ3) is 3.37. The monoisotopic (exact) mass is 232 g/mol. The number of aromatic nitrogens is 3. The minimum Gasteiger partial charge on any atom is -0.383 e. The number of nitrogens with zero attached hydrogens (tertiary/aromatic N) is 2. The van der Waals surface area contributed by atoms with E-state index in [1.807, 2.05) is 7.05 Å². The average molecular weight is 232 g/mol. The predicted molar refractivity (Wildman–Crippen MR) is 59.3 cm³/mol. The molecule has 1 unspecified atom stereocenters. The van der Waals surface area contributed by atoms with Gasteiger partial charge in [-0.3, -0.25) is 4.57 Å². The van der Waals surface area contributed by atoms with Crippen LogP contribution in [0, 0.1) is 0 Å². The van der Waals surface area contributed by atoms with Gasteiger partial charge in [-0.25, -0.2) is 9.89 Å². The van der Waals surface area contributed by atoms with Crippen LogP contribution in [0.15, 0.2) is 9.95 Å². The second-order valence-corrected chi connectivity index (χ2v) is 4.11. The molecular weight excluding hydrogens is 216 g/mol. The molecule has 0 aliphatic carbocycles. The number of ether oxygens (including phenoxy) is 1. The molecule has 1 atom stereocenters. The van der Waals surface area contributed by atoms with Gasteiger partial charge in [0.15, 0.2) is 5.16 Å². The Hall–Kier alpha value is -0.790. The van der Waals surface area contributed by atoms with Crippen molar-refractivity contribution in [3.05, 3.63) is 10.5 Å². The van der Waals surface area contributed by atoms with E-state index < -0.39 is 0 Å². The van der Waals surface area contributed by atoms with Gasteiger partial charge in [-0.15, -0.1) is 5.10 Å². The Morgan fingerprint density at radius 1 is 1.73 bits per heavy atom. The third-order valence-electron chi connectivity index (χ3n) is 2.03. The van der Waals surface area contributed by atoms with Crippen molar-refractivity contribution in [2.24, 2.45) is 7.05 Å². The number of thioether (sulfide) groups is 1. The molecule has 6 nitrogen and oxygen atoms in total. The summed E-state index contributed by atoms with van der Waals surface area (Å²) in [6, 6.07) is 0.256. The summed E-state index contributed by atoms with van der Waals surface area (Å²) in [5, 5.41) is 10.1. The van der Waals surface area contributed by atoms with Crippen LogP contribution in [-0.2, 0) is 11.8 Å². The highest BCUT2D eigenvalue weighted by Gasteiger charge is 2.09. The topological polar surface area (TPSA) is 71.9 Å². The Morgan fingerprint density at radius 2 is 2.47 bits per heavy atom. The Balaban J connectivity index is 2.48. The molecule has 1 rings (SSSR count). The van der Waals surface area contributed by atoms with Crippen LogP contribution in [-0.4, -0.2) is 47.3 Å². The van der Waals surface area contributed by atoms with Crippen molar-refractivity contribution in [2.75, 3.05) is 26.5 Å². The minimum atomic E-state index is -0.190. The van der Waals surface area contributed by atoms with Crippen molar-refractivity contribution in [3.63, 3.8) is 0 Å². The predicted octanol–water partition coefficient (Wildman–Crippen LogP) is -0.565. The maximum Gasteiger partial charge on any atom is 0.343 e. The van der Waals surface area contributed by atoms with Crippen molar-refractivity contribution in [1.82, 2.24) is 20.1 Å². The minimum absolute atomic E-state index is 0.190. The molecule has 0 aliphatic rings. The second-order valence-electron chi connectivity index (χ2n) is 3.12. The second kappa shape index (κ2) is 5.94. The number of H-pyrrole nitrogens is 1. The Kier molecular flexibility index (Phi) is 4.86. The lowest BCUT2D eigenvalue weighted by molar-refractivity contribution is 0.177. The van der Waals surface area contributed by atoms with Gasteiger partial charge in [0.05, 0.1) is 6.61 Å². The average Bonchev–Trinajstić information content (AvgIpc) is 2.55. The Labute approximate surface area is 92.4 Å². The zero-order chi connectivity index (χ0) is 11.3. The third-order valence-corrected chi connectivity index (χ3v) is 3.22. The van der Waals surface area contributed by atoms with Gasteiger partial charge in [0.1, 0.15) is 0 Å². The van der Waals surface area contributed by atoms with Crippen LogP contribution in [0.3, 0.4) is 0 Å². The summed E-state index contributed by atoms with van der Waals surface area (Å²) in [6.07, 6.45) is 0.